The summed E-state index contributed by atoms with van der Waals surface area (Å²) < 4.78 is 12.1. The Balaban J connectivity index is 1.58. The summed E-state index contributed by atoms with van der Waals surface area (Å²) >= 11 is 0. The molecule has 2 aromatic carbocycles. The smallest absolute Gasteiger partial charge is 0.419 e. The van der Waals surface area contributed by atoms with Gasteiger partial charge in [-0.3, -0.25) is 4.57 Å². The average Bonchev–Trinajstić information content (AvgIpc) is 3.27. The van der Waals surface area contributed by atoms with E-state index in [9.17, 15) is 9.59 Å². The van der Waals surface area contributed by atoms with Gasteiger partial charge in [-0.15, -0.1) is 0 Å². The number of rotatable bonds is 3. The highest BCUT2D eigenvalue weighted by atomic mass is 16.5. The van der Waals surface area contributed by atoms with Crippen LogP contribution in [-0.4, -0.2) is 29.2 Å². The van der Waals surface area contributed by atoms with E-state index in [-0.39, 0.29) is 12.1 Å². The number of aryl methyl sites for hydroxylation is 1. The number of carbonyl (C=O) groups is 1. The van der Waals surface area contributed by atoms with Crippen LogP contribution in [0.1, 0.15) is 24.4 Å². The number of likely N-dealkylation sites (tertiary alicyclic amines) is 1. The molecule has 0 aliphatic carbocycles. The minimum atomic E-state index is -0.427. The molecule has 4 rings (SSSR count). The second-order valence-electron chi connectivity index (χ2n) is 6.63. The minimum Gasteiger partial charge on any atom is -0.496 e. The lowest BCUT2D eigenvalue weighted by atomic mass is 10.0. The Bertz CT molecular complexity index is 1050. The molecule has 2 amide bonds. The summed E-state index contributed by atoms with van der Waals surface area (Å²) in [6.45, 7) is 0.678. The molecule has 140 valence electrons. The Morgan fingerprint density at radius 2 is 2.07 bits per heavy atom. The molecule has 0 unspecified atom stereocenters. The molecule has 1 atom stereocenters. The molecule has 3 aromatic rings. The van der Waals surface area contributed by atoms with Crippen molar-refractivity contribution >= 4 is 22.8 Å². The maximum Gasteiger partial charge on any atom is 0.419 e. The fraction of sp³-hybridized carbons (Fsp3) is 0.300. The van der Waals surface area contributed by atoms with E-state index in [0.717, 1.165) is 24.2 Å². The molecule has 7 nitrogen and oxygen atoms in total. The van der Waals surface area contributed by atoms with Crippen molar-refractivity contribution in [2.24, 2.45) is 7.05 Å². The van der Waals surface area contributed by atoms with Crippen LogP contribution < -0.4 is 15.8 Å². The number of aromatic nitrogens is 1. The Kier molecular flexibility index (Phi) is 4.35. The molecule has 27 heavy (non-hydrogen) atoms. The monoisotopic (exact) mass is 367 g/mol. The van der Waals surface area contributed by atoms with Crippen LogP contribution in [0, 0.1) is 0 Å². The van der Waals surface area contributed by atoms with Crippen molar-refractivity contribution in [1.29, 1.82) is 0 Å². The van der Waals surface area contributed by atoms with Crippen molar-refractivity contribution in [1.82, 2.24) is 9.47 Å². The number of para-hydroxylation sites is 1. The highest BCUT2D eigenvalue weighted by Gasteiger charge is 2.31. The third kappa shape index (κ3) is 3.05. The first-order chi connectivity index (χ1) is 13.1. The van der Waals surface area contributed by atoms with Crippen LogP contribution in [0.3, 0.4) is 0 Å². The van der Waals surface area contributed by atoms with E-state index in [0.29, 0.717) is 23.3 Å². The molecule has 1 aliphatic rings. The van der Waals surface area contributed by atoms with Crippen LogP contribution in [0.2, 0.25) is 0 Å². The number of urea groups is 1. The van der Waals surface area contributed by atoms with Gasteiger partial charge in [-0.1, -0.05) is 18.2 Å². The second-order valence-corrected chi connectivity index (χ2v) is 6.63. The maximum absolute atomic E-state index is 12.9. The van der Waals surface area contributed by atoms with Gasteiger partial charge in [0.1, 0.15) is 5.75 Å². The van der Waals surface area contributed by atoms with Gasteiger partial charge < -0.3 is 19.4 Å². The number of methoxy groups -OCH3 is 1. The number of nitrogens with one attached hydrogen (secondary N) is 1. The number of hydrogen-bond donors (Lipinski definition) is 1. The van der Waals surface area contributed by atoms with E-state index >= 15 is 0 Å². The lowest BCUT2D eigenvalue weighted by Crippen LogP contribution is -2.34. The molecule has 1 saturated heterocycles. The number of nitrogens with zero attached hydrogens (tertiary/aromatic N) is 2. The highest BCUT2D eigenvalue weighted by Crippen LogP contribution is 2.37. The molecule has 7 heteroatoms. The predicted octanol–water partition coefficient (Wildman–Crippen LogP) is 3.51. The molecule has 1 N–H and O–H groups in total. The van der Waals surface area contributed by atoms with Gasteiger partial charge in [0.25, 0.3) is 0 Å². The summed E-state index contributed by atoms with van der Waals surface area (Å²) in [5, 5.41) is 2.92. The van der Waals surface area contributed by atoms with Crippen LogP contribution in [0.25, 0.3) is 11.1 Å². The number of hydrogen-bond acceptors (Lipinski definition) is 4. The van der Waals surface area contributed by atoms with E-state index < -0.39 is 5.76 Å². The lowest BCUT2D eigenvalue weighted by molar-refractivity contribution is 0.206. The van der Waals surface area contributed by atoms with E-state index in [1.165, 1.54) is 4.57 Å². The third-order valence-electron chi connectivity index (χ3n) is 5.06. The highest BCUT2D eigenvalue weighted by molar-refractivity contribution is 5.92. The van der Waals surface area contributed by atoms with Gasteiger partial charge in [0.2, 0.25) is 0 Å². The zero-order valence-corrected chi connectivity index (χ0v) is 15.3. The molecule has 1 fully saturated rings. The van der Waals surface area contributed by atoms with Gasteiger partial charge in [-0.05, 0) is 31.0 Å². The molecule has 0 saturated carbocycles. The first-order valence-corrected chi connectivity index (χ1v) is 8.88. The van der Waals surface area contributed by atoms with E-state index in [2.05, 4.69) is 5.32 Å². The van der Waals surface area contributed by atoms with Gasteiger partial charge in [0, 0.05) is 30.9 Å². The quantitative estimate of drug-likeness (QED) is 0.769. The summed E-state index contributed by atoms with van der Waals surface area (Å²) in [7, 11) is 3.29. The molecule has 2 heterocycles. The van der Waals surface area contributed by atoms with Crippen LogP contribution in [0.4, 0.5) is 10.5 Å². The van der Waals surface area contributed by atoms with Crippen molar-refractivity contribution in [3.05, 3.63) is 58.6 Å². The molecule has 0 radical (unpaired) electrons. The summed E-state index contributed by atoms with van der Waals surface area (Å²) in [6.07, 6.45) is 1.82. The number of fused-ring (bicyclic) bond motifs is 1. The zero-order chi connectivity index (χ0) is 19.0. The molecule has 0 bridgehead atoms. The Morgan fingerprint density at radius 3 is 2.89 bits per heavy atom. The summed E-state index contributed by atoms with van der Waals surface area (Å²) in [4.78, 5) is 26.3. The van der Waals surface area contributed by atoms with Crippen molar-refractivity contribution < 1.29 is 13.9 Å². The summed E-state index contributed by atoms with van der Waals surface area (Å²) in [5.74, 6) is 0.360. The Morgan fingerprint density at radius 1 is 1.26 bits per heavy atom. The first kappa shape index (κ1) is 17.2. The number of anilines is 1. The molecular weight excluding hydrogens is 346 g/mol. The topological polar surface area (TPSA) is 76.7 Å². The Labute approximate surface area is 156 Å². The lowest BCUT2D eigenvalue weighted by Gasteiger charge is -2.26. The second kappa shape index (κ2) is 6.83. The number of carbonyl (C=O) groups excluding carboxylic acids is 1. The largest absolute Gasteiger partial charge is 0.496 e. The average molecular weight is 367 g/mol. The van der Waals surface area contributed by atoms with Crippen LogP contribution >= 0.6 is 0 Å². The minimum absolute atomic E-state index is 0.0282. The number of amides is 2. The molecule has 1 aliphatic heterocycles. The van der Waals surface area contributed by atoms with Gasteiger partial charge >= 0.3 is 11.8 Å². The van der Waals surface area contributed by atoms with E-state index in [4.69, 9.17) is 9.15 Å². The van der Waals surface area contributed by atoms with Crippen molar-refractivity contribution in [2.45, 2.75) is 18.9 Å². The van der Waals surface area contributed by atoms with Crippen molar-refractivity contribution in [2.75, 3.05) is 19.0 Å². The molecular formula is C20H21N3O4. The van der Waals surface area contributed by atoms with Gasteiger partial charge in [0.05, 0.1) is 18.7 Å². The zero-order valence-electron chi connectivity index (χ0n) is 15.3. The van der Waals surface area contributed by atoms with Gasteiger partial charge in [-0.25, -0.2) is 9.59 Å². The SMILES string of the molecule is COc1ccccc1[C@H]1CCCN1C(=O)Nc1ccc2c(c1)oc(=O)n2C. The van der Waals surface area contributed by atoms with Crippen molar-refractivity contribution in [3.8, 4) is 5.75 Å². The fourth-order valence-corrected chi connectivity index (χ4v) is 3.68. The van der Waals surface area contributed by atoms with Crippen LogP contribution in [0.15, 0.2) is 51.7 Å². The maximum atomic E-state index is 12.9. The predicted molar refractivity (Wildman–Crippen MR) is 102 cm³/mol. The summed E-state index contributed by atoms with van der Waals surface area (Å²) in [6, 6.07) is 12.8. The van der Waals surface area contributed by atoms with E-state index in [1.54, 1.807) is 32.4 Å². The van der Waals surface area contributed by atoms with Gasteiger partial charge in [0.15, 0.2) is 5.58 Å². The fourth-order valence-electron chi connectivity index (χ4n) is 3.68. The van der Waals surface area contributed by atoms with E-state index in [1.807, 2.05) is 29.2 Å². The normalized spacial score (nSPS) is 16.7. The Hall–Kier alpha value is -3.22. The number of ether oxygens (including phenoxy) is 1. The summed E-state index contributed by atoms with van der Waals surface area (Å²) in [5.41, 5.74) is 2.73. The molecule has 1 aromatic heterocycles. The van der Waals surface area contributed by atoms with Crippen LogP contribution in [-0.2, 0) is 7.05 Å². The molecule has 0 spiro atoms. The third-order valence-corrected chi connectivity index (χ3v) is 5.06. The van der Waals surface area contributed by atoms with Gasteiger partial charge in [-0.2, -0.15) is 0 Å². The standard InChI is InChI=1S/C20H21N3O4/c1-22-16-10-9-13(12-18(16)27-20(22)25)21-19(24)23-11-5-7-15(23)14-6-3-4-8-17(14)26-2/h3-4,6,8-10,12,15H,5,7,11H2,1-2H3,(H,21,24)/t15-/m1/s1. The number of benzene rings is 2. The van der Waals surface area contributed by atoms with Crippen molar-refractivity contribution in [3.63, 3.8) is 0 Å². The number of oxazole rings is 1. The van der Waals surface area contributed by atoms with Crippen LogP contribution in [0.5, 0.6) is 5.75 Å². The first-order valence-electron chi connectivity index (χ1n) is 8.88.